The van der Waals surface area contributed by atoms with Gasteiger partial charge in [-0.05, 0) is 15.4 Å². The molecule has 1 aromatic heterocycles. The van der Waals surface area contributed by atoms with Crippen LogP contribution in [0.4, 0.5) is 5.82 Å². The lowest BCUT2D eigenvalue weighted by atomic mass is 10.6. The lowest BCUT2D eigenvalue weighted by molar-refractivity contribution is -0.389. The third kappa shape index (κ3) is 2.20. The van der Waals surface area contributed by atoms with Crippen molar-refractivity contribution in [2.45, 2.75) is 13.5 Å². The first-order chi connectivity index (χ1) is 6.65. The second-order valence-corrected chi connectivity index (χ2v) is 2.55. The van der Waals surface area contributed by atoms with E-state index in [0.29, 0.717) is 12.4 Å². The normalized spacial score (nSPS) is 9.50. The molecule has 1 rings (SSSR count). The Balaban J connectivity index is 2.77. The standard InChI is InChI=1S/C6H8N6O2/c1-5-9-6(12(13)14)4-11(5)3-2-8-10-7/h4H,2-3H2,1H3. The van der Waals surface area contributed by atoms with Crippen LogP contribution in [0.2, 0.25) is 0 Å². The molecule has 1 heterocycles. The summed E-state index contributed by atoms with van der Waals surface area (Å²) in [4.78, 5) is 16.1. The molecule has 1 aromatic rings. The molecule has 0 aliphatic carbocycles. The number of nitro groups is 1. The highest BCUT2D eigenvalue weighted by Crippen LogP contribution is 2.09. The molecule has 74 valence electrons. The molecule has 0 N–H and O–H groups in total. The van der Waals surface area contributed by atoms with Crippen molar-refractivity contribution >= 4 is 5.82 Å². The van der Waals surface area contributed by atoms with Crippen molar-refractivity contribution in [3.8, 4) is 0 Å². The summed E-state index contributed by atoms with van der Waals surface area (Å²) < 4.78 is 1.58. The van der Waals surface area contributed by atoms with Crippen molar-refractivity contribution in [2.24, 2.45) is 5.11 Å². The predicted molar refractivity (Wildman–Crippen MR) is 47.6 cm³/mol. The molecule has 0 aliphatic heterocycles. The lowest BCUT2D eigenvalue weighted by Gasteiger charge is -1.95. The van der Waals surface area contributed by atoms with Crippen LogP contribution in [-0.2, 0) is 6.54 Å². The molecule has 0 bridgehead atoms. The molecule has 8 heteroatoms. The molecule has 0 aliphatic rings. The fourth-order valence-corrected chi connectivity index (χ4v) is 1.00. The van der Waals surface area contributed by atoms with Crippen molar-refractivity contribution < 1.29 is 4.92 Å². The summed E-state index contributed by atoms with van der Waals surface area (Å²) in [5.74, 6) is 0.341. The van der Waals surface area contributed by atoms with E-state index in [2.05, 4.69) is 15.0 Å². The number of hydrogen-bond donors (Lipinski definition) is 0. The van der Waals surface area contributed by atoms with Gasteiger partial charge in [0.05, 0.1) is 0 Å². The van der Waals surface area contributed by atoms with Crippen molar-refractivity contribution in [2.75, 3.05) is 6.54 Å². The van der Waals surface area contributed by atoms with E-state index in [1.54, 1.807) is 11.5 Å². The molecule has 0 radical (unpaired) electrons. The number of nitrogens with zero attached hydrogens (tertiary/aromatic N) is 6. The summed E-state index contributed by atoms with van der Waals surface area (Å²) in [5, 5.41) is 13.7. The van der Waals surface area contributed by atoms with Crippen LogP contribution in [0.1, 0.15) is 5.82 Å². The van der Waals surface area contributed by atoms with Gasteiger partial charge in [0.15, 0.2) is 0 Å². The monoisotopic (exact) mass is 196 g/mol. The van der Waals surface area contributed by atoms with E-state index in [1.165, 1.54) is 6.20 Å². The zero-order valence-electron chi connectivity index (χ0n) is 7.49. The van der Waals surface area contributed by atoms with Crippen LogP contribution in [0.25, 0.3) is 10.4 Å². The molecule has 14 heavy (non-hydrogen) atoms. The second-order valence-electron chi connectivity index (χ2n) is 2.55. The number of imidazole rings is 1. The zero-order valence-corrected chi connectivity index (χ0v) is 7.49. The van der Waals surface area contributed by atoms with Crippen LogP contribution in [-0.4, -0.2) is 21.0 Å². The topological polar surface area (TPSA) is 110 Å². The third-order valence-electron chi connectivity index (χ3n) is 1.65. The summed E-state index contributed by atoms with van der Waals surface area (Å²) in [6.45, 7) is 2.31. The van der Waals surface area contributed by atoms with Crippen LogP contribution in [0, 0.1) is 17.0 Å². The van der Waals surface area contributed by atoms with Gasteiger partial charge in [-0.1, -0.05) is 5.11 Å². The third-order valence-corrected chi connectivity index (χ3v) is 1.65. The Kier molecular flexibility index (Phi) is 3.03. The number of aromatic nitrogens is 2. The minimum absolute atomic E-state index is 0.191. The van der Waals surface area contributed by atoms with Gasteiger partial charge in [0, 0.05) is 24.9 Å². The smallest absolute Gasteiger partial charge is 0.358 e. The highest BCUT2D eigenvalue weighted by atomic mass is 16.6. The van der Waals surface area contributed by atoms with Gasteiger partial charge in [0.1, 0.15) is 6.20 Å². The van der Waals surface area contributed by atoms with Crippen LogP contribution >= 0.6 is 0 Å². The van der Waals surface area contributed by atoms with Crippen LogP contribution in [0.15, 0.2) is 11.3 Å². The largest absolute Gasteiger partial charge is 0.381 e. The molecule has 0 unspecified atom stereocenters. The van der Waals surface area contributed by atoms with Gasteiger partial charge >= 0.3 is 5.82 Å². The number of hydrogen-bond acceptors (Lipinski definition) is 4. The van der Waals surface area contributed by atoms with Crippen LogP contribution in [0.3, 0.4) is 0 Å². The average Bonchev–Trinajstić information content (AvgIpc) is 2.49. The van der Waals surface area contributed by atoms with E-state index in [4.69, 9.17) is 5.53 Å². The molecule has 0 fully saturated rings. The van der Waals surface area contributed by atoms with Crippen LogP contribution in [0.5, 0.6) is 0 Å². The Morgan fingerprint density at radius 2 is 2.57 bits per heavy atom. The molecule has 0 spiro atoms. The first-order valence-electron chi connectivity index (χ1n) is 3.84. The molecule has 0 amide bonds. The SMILES string of the molecule is Cc1nc([N+](=O)[O-])cn1CCN=[N+]=[N-]. The lowest BCUT2D eigenvalue weighted by Crippen LogP contribution is -2.01. The van der Waals surface area contributed by atoms with Crippen molar-refractivity contribution in [3.05, 3.63) is 32.6 Å². The van der Waals surface area contributed by atoms with Gasteiger partial charge < -0.3 is 14.7 Å². The molecule has 0 saturated carbocycles. The van der Waals surface area contributed by atoms with E-state index >= 15 is 0 Å². The van der Waals surface area contributed by atoms with Gasteiger partial charge in [-0.15, -0.1) is 0 Å². The van der Waals surface area contributed by atoms with Crippen LogP contribution < -0.4 is 0 Å². The Labute approximate surface area is 79.0 Å². The molecular formula is C6H8N6O2. The van der Waals surface area contributed by atoms with E-state index in [0.717, 1.165) is 0 Å². The zero-order chi connectivity index (χ0) is 10.6. The van der Waals surface area contributed by atoms with Gasteiger partial charge in [-0.2, -0.15) is 0 Å². The van der Waals surface area contributed by atoms with Crippen molar-refractivity contribution in [1.29, 1.82) is 0 Å². The first-order valence-corrected chi connectivity index (χ1v) is 3.84. The molecular weight excluding hydrogens is 188 g/mol. The highest BCUT2D eigenvalue weighted by molar-refractivity contribution is 5.16. The van der Waals surface area contributed by atoms with E-state index in [1.807, 2.05) is 0 Å². The summed E-state index contributed by atoms with van der Waals surface area (Å²) in [6.07, 6.45) is 1.32. The number of aryl methyl sites for hydroxylation is 1. The molecule has 0 saturated heterocycles. The Morgan fingerprint density at radius 1 is 1.86 bits per heavy atom. The quantitative estimate of drug-likeness (QED) is 0.238. The van der Waals surface area contributed by atoms with Gasteiger partial charge in [0.25, 0.3) is 0 Å². The maximum absolute atomic E-state index is 10.3. The molecule has 0 aromatic carbocycles. The Hall–Kier alpha value is -2.08. The van der Waals surface area contributed by atoms with E-state index in [9.17, 15) is 10.1 Å². The van der Waals surface area contributed by atoms with Gasteiger partial charge in [-0.25, -0.2) is 0 Å². The molecule has 0 atom stereocenters. The van der Waals surface area contributed by atoms with Crippen molar-refractivity contribution in [1.82, 2.24) is 9.55 Å². The minimum atomic E-state index is -0.558. The fraction of sp³-hybridized carbons (Fsp3) is 0.500. The van der Waals surface area contributed by atoms with Gasteiger partial charge in [0.2, 0.25) is 5.82 Å². The van der Waals surface area contributed by atoms with E-state index < -0.39 is 4.92 Å². The summed E-state index contributed by atoms with van der Waals surface area (Å²) in [7, 11) is 0. The highest BCUT2D eigenvalue weighted by Gasteiger charge is 2.13. The average molecular weight is 196 g/mol. The summed E-state index contributed by atoms with van der Waals surface area (Å²) >= 11 is 0. The predicted octanol–water partition coefficient (Wildman–Crippen LogP) is 1.41. The summed E-state index contributed by atoms with van der Waals surface area (Å²) in [5.41, 5.74) is 8.03. The second kappa shape index (κ2) is 4.24. The first kappa shape index (κ1) is 10.0. The Morgan fingerprint density at radius 3 is 3.07 bits per heavy atom. The van der Waals surface area contributed by atoms with Gasteiger partial charge in [-0.3, -0.25) is 0 Å². The fourth-order valence-electron chi connectivity index (χ4n) is 1.00. The number of azide groups is 1. The van der Waals surface area contributed by atoms with E-state index in [-0.39, 0.29) is 12.4 Å². The Bertz CT molecular complexity index is 391. The summed E-state index contributed by atoms with van der Waals surface area (Å²) in [6, 6.07) is 0. The minimum Gasteiger partial charge on any atom is -0.358 e. The maximum Gasteiger partial charge on any atom is 0.381 e. The maximum atomic E-state index is 10.3. The number of rotatable bonds is 4. The van der Waals surface area contributed by atoms with Crippen molar-refractivity contribution in [3.63, 3.8) is 0 Å². The molecule has 8 nitrogen and oxygen atoms in total.